The van der Waals surface area contributed by atoms with Gasteiger partial charge in [-0.05, 0) is 73.9 Å². The summed E-state index contributed by atoms with van der Waals surface area (Å²) in [5.74, 6) is -0.395. The van der Waals surface area contributed by atoms with Crippen molar-refractivity contribution >= 4 is 17.5 Å². The number of nitrogens with zero attached hydrogens (tertiary/aromatic N) is 1. The Morgan fingerprint density at radius 2 is 1.59 bits per heavy atom. The summed E-state index contributed by atoms with van der Waals surface area (Å²) in [5, 5.41) is 3.44. The van der Waals surface area contributed by atoms with Crippen molar-refractivity contribution in [2.45, 2.75) is 27.3 Å². The maximum Gasteiger partial charge on any atom is 0.268 e. The van der Waals surface area contributed by atoms with E-state index in [4.69, 9.17) is 11.6 Å². The second kappa shape index (κ2) is 7.80. The summed E-state index contributed by atoms with van der Waals surface area (Å²) in [5.41, 5.74) is 4.38. The zero-order chi connectivity index (χ0) is 19.6. The van der Waals surface area contributed by atoms with Gasteiger partial charge in [-0.25, -0.2) is 0 Å². The second-order valence-corrected chi connectivity index (χ2v) is 7.12. The highest BCUT2D eigenvalue weighted by atomic mass is 35.5. The first-order chi connectivity index (χ1) is 12.8. The van der Waals surface area contributed by atoms with Crippen LogP contribution in [0.3, 0.4) is 0 Å². The molecule has 0 aliphatic heterocycles. The number of aromatic nitrogens is 1. The summed E-state index contributed by atoms with van der Waals surface area (Å²) < 4.78 is 1.58. The third-order valence-corrected chi connectivity index (χ3v) is 4.60. The van der Waals surface area contributed by atoms with E-state index in [1.165, 1.54) is 0 Å². The zero-order valence-corrected chi connectivity index (χ0v) is 16.3. The van der Waals surface area contributed by atoms with Crippen molar-refractivity contribution in [1.82, 2.24) is 9.88 Å². The van der Waals surface area contributed by atoms with Gasteiger partial charge in [-0.15, -0.1) is 0 Å². The van der Waals surface area contributed by atoms with Gasteiger partial charge in [-0.2, -0.15) is 0 Å². The van der Waals surface area contributed by atoms with E-state index < -0.39 is 5.91 Å². The number of hydrogen-bond acceptors (Lipinski definition) is 2. The van der Waals surface area contributed by atoms with Crippen LogP contribution in [0.4, 0.5) is 0 Å². The van der Waals surface area contributed by atoms with Gasteiger partial charge < -0.3 is 5.32 Å². The first-order valence-electron chi connectivity index (χ1n) is 8.69. The van der Waals surface area contributed by atoms with Crippen LogP contribution in [-0.4, -0.2) is 10.5 Å². The normalized spacial score (nSPS) is 10.7. The lowest BCUT2D eigenvalue weighted by Gasteiger charge is -2.14. The van der Waals surface area contributed by atoms with Gasteiger partial charge >= 0.3 is 0 Å². The van der Waals surface area contributed by atoms with E-state index >= 15 is 0 Å². The average Bonchev–Trinajstić information content (AvgIpc) is 2.60. The van der Waals surface area contributed by atoms with Crippen LogP contribution in [0, 0.1) is 20.8 Å². The number of carbonyl (C=O) groups is 1. The highest BCUT2D eigenvalue weighted by Gasteiger charge is 2.15. The van der Waals surface area contributed by atoms with Crippen LogP contribution in [0.1, 0.15) is 32.7 Å². The fourth-order valence-electron chi connectivity index (χ4n) is 3.08. The number of pyridine rings is 1. The molecule has 0 saturated carbocycles. The SMILES string of the molecule is Cc1cc(C)cc(-n2c(C)ccc(C(=O)NCc3ccc(Cl)cc3)c2=O)c1. The molecule has 0 spiro atoms. The zero-order valence-electron chi connectivity index (χ0n) is 15.5. The highest BCUT2D eigenvalue weighted by molar-refractivity contribution is 6.30. The van der Waals surface area contributed by atoms with Crippen molar-refractivity contribution < 1.29 is 4.79 Å². The van der Waals surface area contributed by atoms with E-state index in [0.717, 1.165) is 28.1 Å². The number of halogens is 1. The van der Waals surface area contributed by atoms with E-state index in [2.05, 4.69) is 5.32 Å². The lowest BCUT2D eigenvalue weighted by Crippen LogP contribution is -2.33. The Hall–Kier alpha value is -2.85. The number of aryl methyl sites for hydroxylation is 3. The topological polar surface area (TPSA) is 51.1 Å². The van der Waals surface area contributed by atoms with Gasteiger partial charge in [0.05, 0.1) is 0 Å². The molecular weight excluding hydrogens is 360 g/mol. The number of hydrogen-bond donors (Lipinski definition) is 1. The maximum atomic E-state index is 13.0. The summed E-state index contributed by atoms with van der Waals surface area (Å²) in [6.07, 6.45) is 0. The van der Waals surface area contributed by atoms with E-state index in [0.29, 0.717) is 11.6 Å². The van der Waals surface area contributed by atoms with Crippen molar-refractivity contribution in [2.75, 3.05) is 0 Å². The Labute approximate surface area is 163 Å². The lowest BCUT2D eigenvalue weighted by molar-refractivity contribution is 0.0949. The Bertz CT molecular complexity index is 1030. The van der Waals surface area contributed by atoms with Gasteiger partial charge in [0.15, 0.2) is 0 Å². The predicted octanol–water partition coefficient (Wildman–Crippen LogP) is 4.35. The standard InChI is InChI=1S/C22H21ClN2O2/c1-14-10-15(2)12-19(11-14)25-16(3)4-9-20(22(25)27)21(26)24-13-17-5-7-18(23)8-6-17/h4-12H,13H2,1-3H3,(H,24,26). The number of rotatable bonds is 4. The maximum absolute atomic E-state index is 13.0. The van der Waals surface area contributed by atoms with Crippen molar-refractivity contribution in [2.24, 2.45) is 0 Å². The quantitative estimate of drug-likeness (QED) is 0.731. The first kappa shape index (κ1) is 18.9. The van der Waals surface area contributed by atoms with Gasteiger partial charge in [0.1, 0.15) is 5.56 Å². The molecule has 138 valence electrons. The molecule has 1 N–H and O–H groups in total. The molecule has 0 saturated heterocycles. The van der Waals surface area contributed by atoms with Gasteiger partial charge in [0.25, 0.3) is 11.5 Å². The second-order valence-electron chi connectivity index (χ2n) is 6.68. The molecule has 1 heterocycles. The van der Waals surface area contributed by atoms with E-state index in [1.54, 1.807) is 28.8 Å². The molecule has 1 amide bonds. The summed E-state index contributed by atoms with van der Waals surface area (Å²) in [4.78, 5) is 25.6. The van der Waals surface area contributed by atoms with Gasteiger partial charge in [0, 0.05) is 22.9 Å². The molecule has 0 bridgehead atoms. The van der Waals surface area contributed by atoms with Crippen LogP contribution < -0.4 is 10.9 Å². The molecule has 27 heavy (non-hydrogen) atoms. The van der Waals surface area contributed by atoms with Crippen molar-refractivity contribution in [3.8, 4) is 5.69 Å². The fourth-order valence-corrected chi connectivity index (χ4v) is 3.21. The fraction of sp³-hybridized carbons (Fsp3) is 0.182. The molecular formula is C22H21ClN2O2. The molecule has 2 aromatic carbocycles. The number of nitrogens with one attached hydrogen (secondary N) is 1. The third-order valence-electron chi connectivity index (χ3n) is 4.35. The molecule has 5 heteroatoms. The highest BCUT2D eigenvalue weighted by Crippen LogP contribution is 2.15. The average molecular weight is 381 g/mol. The third kappa shape index (κ3) is 4.29. The molecule has 3 rings (SSSR count). The minimum absolute atomic E-state index is 0.119. The summed E-state index contributed by atoms with van der Waals surface area (Å²) >= 11 is 5.87. The van der Waals surface area contributed by atoms with Crippen molar-refractivity contribution in [3.63, 3.8) is 0 Å². The molecule has 0 aliphatic rings. The Morgan fingerprint density at radius 3 is 2.22 bits per heavy atom. The van der Waals surface area contributed by atoms with Crippen LogP contribution in [0.25, 0.3) is 5.69 Å². The van der Waals surface area contributed by atoms with Crippen molar-refractivity contribution in [3.05, 3.63) is 97.9 Å². The molecule has 3 aromatic rings. The number of amides is 1. The number of carbonyl (C=O) groups excluding carboxylic acids is 1. The largest absolute Gasteiger partial charge is 0.348 e. The Morgan fingerprint density at radius 1 is 0.963 bits per heavy atom. The van der Waals surface area contributed by atoms with E-state index in [-0.39, 0.29) is 11.1 Å². The van der Waals surface area contributed by atoms with E-state index in [9.17, 15) is 9.59 Å². The van der Waals surface area contributed by atoms with Crippen LogP contribution in [-0.2, 0) is 6.54 Å². The predicted molar refractivity (Wildman–Crippen MR) is 109 cm³/mol. The van der Waals surface area contributed by atoms with Crippen molar-refractivity contribution in [1.29, 1.82) is 0 Å². The molecule has 0 unspecified atom stereocenters. The smallest absolute Gasteiger partial charge is 0.268 e. The van der Waals surface area contributed by atoms with Gasteiger partial charge in [-0.3, -0.25) is 14.2 Å². The van der Waals surface area contributed by atoms with Crippen LogP contribution >= 0.6 is 11.6 Å². The minimum Gasteiger partial charge on any atom is -0.348 e. The van der Waals surface area contributed by atoms with Crippen LogP contribution in [0.2, 0.25) is 5.02 Å². The first-order valence-corrected chi connectivity index (χ1v) is 9.07. The lowest BCUT2D eigenvalue weighted by atomic mass is 10.1. The molecule has 0 atom stereocenters. The molecule has 1 aromatic heterocycles. The Balaban J connectivity index is 1.91. The summed E-state index contributed by atoms with van der Waals surface area (Å²) in [7, 11) is 0. The van der Waals surface area contributed by atoms with Gasteiger partial charge in [0.2, 0.25) is 0 Å². The molecule has 0 fully saturated rings. The van der Waals surface area contributed by atoms with E-state index in [1.807, 2.05) is 51.1 Å². The monoisotopic (exact) mass is 380 g/mol. The summed E-state index contributed by atoms with van der Waals surface area (Å²) in [6.45, 7) is 6.15. The number of benzene rings is 2. The van der Waals surface area contributed by atoms with Crippen LogP contribution in [0.15, 0.2) is 59.4 Å². The van der Waals surface area contributed by atoms with Gasteiger partial charge in [-0.1, -0.05) is 29.8 Å². The Kier molecular flexibility index (Phi) is 5.47. The molecule has 4 nitrogen and oxygen atoms in total. The molecule has 0 radical (unpaired) electrons. The minimum atomic E-state index is -0.395. The summed E-state index contributed by atoms with van der Waals surface area (Å²) in [6, 6.07) is 16.5. The van der Waals surface area contributed by atoms with Crippen LogP contribution in [0.5, 0.6) is 0 Å². The molecule has 0 aliphatic carbocycles.